The van der Waals surface area contributed by atoms with Crippen LogP contribution in [0.2, 0.25) is 0 Å². The molecule has 0 saturated carbocycles. The Morgan fingerprint density at radius 3 is 2.66 bits per heavy atom. The van der Waals surface area contributed by atoms with Gasteiger partial charge in [-0.1, -0.05) is 18.2 Å². The molecular formula is C25H21N3O4. The van der Waals surface area contributed by atoms with Crippen molar-refractivity contribution in [1.29, 1.82) is 0 Å². The number of imide groups is 1. The van der Waals surface area contributed by atoms with Crippen LogP contribution in [0.4, 0.5) is 17.1 Å². The van der Waals surface area contributed by atoms with Gasteiger partial charge < -0.3 is 9.64 Å². The van der Waals surface area contributed by atoms with Crippen molar-refractivity contribution in [3.63, 3.8) is 0 Å². The first-order valence-corrected chi connectivity index (χ1v) is 10.7. The summed E-state index contributed by atoms with van der Waals surface area (Å²) in [5.41, 5.74) is 4.71. The maximum Gasteiger partial charge on any atom is 0.259 e. The molecule has 7 nitrogen and oxygen atoms in total. The average molecular weight is 427 g/mol. The summed E-state index contributed by atoms with van der Waals surface area (Å²) >= 11 is 0. The van der Waals surface area contributed by atoms with Crippen LogP contribution in [0.25, 0.3) is 10.8 Å². The summed E-state index contributed by atoms with van der Waals surface area (Å²) in [6.07, 6.45) is 1.49. The Bertz CT molecular complexity index is 1330. The zero-order valence-electron chi connectivity index (χ0n) is 17.6. The maximum atomic E-state index is 13.3. The molecule has 0 aliphatic carbocycles. The van der Waals surface area contributed by atoms with E-state index in [1.54, 1.807) is 12.0 Å². The van der Waals surface area contributed by atoms with Crippen LogP contribution in [0.1, 0.15) is 28.8 Å². The second kappa shape index (κ2) is 6.82. The molecule has 1 fully saturated rings. The molecule has 160 valence electrons. The molecule has 7 heteroatoms. The van der Waals surface area contributed by atoms with Crippen LogP contribution >= 0.6 is 0 Å². The minimum atomic E-state index is -0.682. The lowest BCUT2D eigenvalue weighted by Crippen LogP contribution is -2.53. The third-order valence-electron chi connectivity index (χ3n) is 6.70. The Morgan fingerprint density at radius 1 is 0.969 bits per heavy atom. The van der Waals surface area contributed by atoms with Gasteiger partial charge in [-0.25, -0.2) is 0 Å². The van der Waals surface area contributed by atoms with E-state index in [9.17, 15) is 14.4 Å². The van der Waals surface area contributed by atoms with Crippen molar-refractivity contribution in [3.8, 4) is 5.75 Å². The van der Waals surface area contributed by atoms with Crippen molar-refractivity contribution in [2.75, 3.05) is 23.5 Å². The minimum absolute atomic E-state index is 0.194. The fourth-order valence-electron chi connectivity index (χ4n) is 5.20. The van der Waals surface area contributed by atoms with E-state index < -0.39 is 11.9 Å². The number of hydrogen-bond acceptors (Lipinski definition) is 5. The van der Waals surface area contributed by atoms with Crippen molar-refractivity contribution in [1.82, 2.24) is 5.32 Å². The van der Waals surface area contributed by atoms with E-state index in [4.69, 9.17) is 4.74 Å². The largest absolute Gasteiger partial charge is 0.497 e. The van der Waals surface area contributed by atoms with Gasteiger partial charge in [-0.15, -0.1) is 0 Å². The standard InChI is InChI=1S/C25H21N3O4/c1-32-15-6-5-14-11-12-27(21(14)13-15)18-8-7-17-23-16(18)3-2-4-19(23)28(25(17)31)20-9-10-22(29)26-24(20)30/h2-8,13,20H,9-12H2,1H3,(H,26,29,30). The molecule has 1 atom stereocenters. The average Bonchev–Trinajstić information content (AvgIpc) is 3.34. The van der Waals surface area contributed by atoms with Crippen LogP contribution in [0, 0.1) is 0 Å². The van der Waals surface area contributed by atoms with E-state index in [1.165, 1.54) is 5.56 Å². The quantitative estimate of drug-likeness (QED) is 0.649. The van der Waals surface area contributed by atoms with Crippen LogP contribution in [0.5, 0.6) is 5.75 Å². The summed E-state index contributed by atoms with van der Waals surface area (Å²) < 4.78 is 5.43. The molecule has 0 aromatic heterocycles. The number of piperidine rings is 1. The van der Waals surface area contributed by atoms with Crippen LogP contribution in [-0.4, -0.2) is 37.4 Å². The van der Waals surface area contributed by atoms with E-state index in [1.807, 2.05) is 42.5 Å². The van der Waals surface area contributed by atoms with Crippen LogP contribution in [0.3, 0.4) is 0 Å². The second-order valence-corrected chi connectivity index (χ2v) is 8.37. The smallest absolute Gasteiger partial charge is 0.259 e. The van der Waals surface area contributed by atoms with Crippen LogP contribution in [0.15, 0.2) is 48.5 Å². The number of benzene rings is 3. The van der Waals surface area contributed by atoms with Gasteiger partial charge in [-0.3, -0.25) is 24.6 Å². The highest BCUT2D eigenvalue weighted by molar-refractivity contribution is 6.28. The number of ether oxygens (including phenoxy) is 1. The van der Waals surface area contributed by atoms with Gasteiger partial charge in [0.1, 0.15) is 11.8 Å². The molecular weight excluding hydrogens is 406 g/mol. The number of hydrogen-bond donors (Lipinski definition) is 1. The van der Waals surface area contributed by atoms with Gasteiger partial charge in [0.25, 0.3) is 5.91 Å². The molecule has 1 unspecified atom stereocenters. The number of nitrogens with one attached hydrogen (secondary N) is 1. The Hall–Kier alpha value is -3.87. The molecule has 3 aliphatic rings. The molecule has 3 aromatic carbocycles. The molecule has 0 spiro atoms. The molecule has 0 bridgehead atoms. The van der Waals surface area contributed by atoms with Gasteiger partial charge in [0.2, 0.25) is 11.8 Å². The van der Waals surface area contributed by atoms with Crippen LogP contribution < -0.4 is 19.9 Å². The van der Waals surface area contributed by atoms with E-state index in [0.717, 1.165) is 46.5 Å². The number of nitrogens with zero attached hydrogens (tertiary/aromatic N) is 2. The molecule has 1 N–H and O–H groups in total. The number of carbonyl (C=O) groups is 3. The predicted octanol–water partition coefficient (Wildman–Crippen LogP) is 3.31. The van der Waals surface area contributed by atoms with E-state index in [0.29, 0.717) is 12.0 Å². The molecule has 6 rings (SSSR count). The Morgan fingerprint density at radius 2 is 1.84 bits per heavy atom. The number of carbonyl (C=O) groups excluding carboxylic acids is 3. The number of methoxy groups -OCH3 is 1. The molecule has 3 amide bonds. The summed E-state index contributed by atoms with van der Waals surface area (Å²) in [4.78, 5) is 41.3. The third kappa shape index (κ3) is 2.57. The highest BCUT2D eigenvalue weighted by Crippen LogP contribution is 2.46. The van der Waals surface area contributed by atoms with Crippen molar-refractivity contribution in [2.45, 2.75) is 25.3 Å². The lowest BCUT2D eigenvalue weighted by Gasteiger charge is -2.30. The lowest BCUT2D eigenvalue weighted by atomic mass is 10.0. The number of amides is 3. The summed E-state index contributed by atoms with van der Waals surface area (Å²) in [6, 6.07) is 15.1. The first-order chi connectivity index (χ1) is 15.6. The second-order valence-electron chi connectivity index (χ2n) is 8.37. The Balaban J connectivity index is 1.48. The lowest BCUT2D eigenvalue weighted by molar-refractivity contribution is -0.134. The van der Waals surface area contributed by atoms with Gasteiger partial charge in [-0.2, -0.15) is 0 Å². The van der Waals surface area contributed by atoms with Crippen LogP contribution in [-0.2, 0) is 16.0 Å². The highest BCUT2D eigenvalue weighted by Gasteiger charge is 2.41. The summed E-state index contributed by atoms with van der Waals surface area (Å²) in [6.45, 7) is 0.839. The van der Waals surface area contributed by atoms with Crippen molar-refractivity contribution in [2.24, 2.45) is 0 Å². The fourth-order valence-corrected chi connectivity index (χ4v) is 5.20. The molecule has 3 aromatic rings. The SMILES string of the molecule is COc1ccc2c(c1)N(c1ccc3c4c(cccc14)N(C1CCC(=O)NC1=O)C3=O)CC2. The Kier molecular flexibility index (Phi) is 4.02. The fraction of sp³-hybridized carbons (Fsp3) is 0.240. The minimum Gasteiger partial charge on any atom is -0.497 e. The zero-order chi connectivity index (χ0) is 22.0. The van der Waals surface area contributed by atoms with E-state index in [2.05, 4.69) is 16.3 Å². The molecule has 1 saturated heterocycles. The third-order valence-corrected chi connectivity index (χ3v) is 6.70. The van der Waals surface area contributed by atoms with Crippen molar-refractivity contribution in [3.05, 3.63) is 59.7 Å². The summed E-state index contributed by atoms with van der Waals surface area (Å²) in [7, 11) is 1.66. The zero-order valence-corrected chi connectivity index (χ0v) is 17.6. The van der Waals surface area contributed by atoms with Crippen molar-refractivity contribution >= 4 is 45.6 Å². The van der Waals surface area contributed by atoms with Gasteiger partial charge in [0.15, 0.2) is 0 Å². The van der Waals surface area contributed by atoms with Gasteiger partial charge in [0, 0.05) is 41.2 Å². The molecule has 32 heavy (non-hydrogen) atoms. The topological polar surface area (TPSA) is 79.0 Å². The van der Waals surface area contributed by atoms with Gasteiger partial charge in [0.05, 0.1) is 18.4 Å². The number of anilines is 3. The Labute approximate surface area is 184 Å². The first-order valence-electron chi connectivity index (χ1n) is 10.7. The highest BCUT2D eigenvalue weighted by atomic mass is 16.5. The van der Waals surface area contributed by atoms with Gasteiger partial charge in [-0.05, 0) is 42.7 Å². The number of rotatable bonds is 3. The predicted molar refractivity (Wildman–Crippen MR) is 121 cm³/mol. The van der Waals surface area contributed by atoms with Gasteiger partial charge >= 0.3 is 0 Å². The maximum absolute atomic E-state index is 13.3. The summed E-state index contributed by atoms with van der Waals surface area (Å²) in [5, 5.41) is 4.20. The van der Waals surface area contributed by atoms with Crippen molar-refractivity contribution < 1.29 is 19.1 Å². The molecule has 3 aliphatic heterocycles. The van der Waals surface area contributed by atoms with E-state index in [-0.39, 0.29) is 18.2 Å². The van der Waals surface area contributed by atoms with E-state index >= 15 is 0 Å². The monoisotopic (exact) mass is 427 g/mol. The molecule has 3 heterocycles. The molecule has 0 radical (unpaired) electrons. The number of fused-ring (bicyclic) bond motifs is 1. The first kappa shape index (κ1) is 18.9. The summed E-state index contributed by atoms with van der Waals surface area (Å²) in [5.74, 6) is -0.0965. The normalized spacial score (nSPS) is 19.5.